The van der Waals surface area contributed by atoms with Crippen molar-refractivity contribution in [2.24, 2.45) is 0 Å². The largest absolute Gasteiger partial charge is 0.493 e. The summed E-state index contributed by atoms with van der Waals surface area (Å²) in [6.45, 7) is 3.07. The summed E-state index contributed by atoms with van der Waals surface area (Å²) in [7, 11) is 3.36. The van der Waals surface area contributed by atoms with Crippen molar-refractivity contribution in [1.82, 2.24) is 10.6 Å². The van der Waals surface area contributed by atoms with Gasteiger partial charge in [0.25, 0.3) is 0 Å². The monoisotopic (exact) mass is 236 g/mol. The molecule has 1 aliphatic rings. The van der Waals surface area contributed by atoms with E-state index >= 15 is 0 Å². The molecule has 94 valence electrons. The van der Waals surface area contributed by atoms with Crippen LogP contribution in [0.4, 0.5) is 0 Å². The smallest absolute Gasteiger partial charge is 0.163 e. The van der Waals surface area contributed by atoms with Gasteiger partial charge in [-0.2, -0.15) is 0 Å². The molecule has 4 heteroatoms. The van der Waals surface area contributed by atoms with E-state index in [0.29, 0.717) is 6.04 Å². The zero-order valence-electron chi connectivity index (χ0n) is 10.5. The van der Waals surface area contributed by atoms with Gasteiger partial charge >= 0.3 is 0 Å². The number of rotatable bonds is 4. The number of piperazine rings is 1. The molecule has 1 heterocycles. The molecule has 2 rings (SSSR count). The van der Waals surface area contributed by atoms with Crippen LogP contribution in [0.2, 0.25) is 0 Å². The molecule has 4 nitrogen and oxygen atoms in total. The minimum absolute atomic E-state index is 0.463. The van der Waals surface area contributed by atoms with Crippen LogP contribution in [0.15, 0.2) is 18.2 Å². The van der Waals surface area contributed by atoms with E-state index in [4.69, 9.17) is 9.47 Å². The molecular weight excluding hydrogens is 216 g/mol. The summed E-state index contributed by atoms with van der Waals surface area (Å²) in [6.07, 6.45) is 0.952. The molecule has 0 amide bonds. The van der Waals surface area contributed by atoms with Crippen LogP contribution >= 0.6 is 0 Å². The highest BCUT2D eigenvalue weighted by Crippen LogP contribution is 2.31. The van der Waals surface area contributed by atoms with E-state index in [9.17, 15) is 0 Å². The van der Waals surface area contributed by atoms with Crippen molar-refractivity contribution in [1.29, 1.82) is 0 Å². The molecule has 0 unspecified atom stereocenters. The number of hydrogen-bond acceptors (Lipinski definition) is 4. The van der Waals surface area contributed by atoms with Crippen molar-refractivity contribution in [3.63, 3.8) is 0 Å². The number of nitrogens with one attached hydrogen (secondary N) is 2. The lowest BCUT2D eigenvalue weighted by Crippen LogP contribution is -2.49. The number of benzene rings is 1. The van der Waals surface area contributed by atoms with Crippen LogP contribution < -0.4 is 20.1 Å². The second-order valence-corrected chi connectivity index (χ2v) is 4.21. The Hall–Kier alpha value is -1.26. The Morgan fingerprint density at radius 1 is 1.24 bits per heavy atom. The normalized spacial score (nSPS) is 20.0. The van der Waals surface area contributed by atoms with E-state index in [1.165, 1.54) is 5.56 Å². The maximum Gasteiger partial charge on any atom is 0.163 e. The first-order valence-electron chi connectivity index (χ1n) is 5.99. The predicted molar refractivity (Wildman–Crippen MR) is 67.9 cm³/mol. The van der Waals surface area contributed by atoms with Gasteiger partial charge in [0.2, 0.25) is 0 Å². The Balaban J connectivity index is 2.13. The minimum Gasteiger partial charge on any atom is -0.493 e. The summed E-state index contributed by atoms with van der Waals surface area (Å²) in [5.41, 5.74) is 1.19. The van der Waals surface area contributed by atoms with Crippen LogP contribution in [0.3, 0.4) is 0 Å². The molecule has 0 spiro atoms. The third-order valence-electron chi connectivity index (χ3n) is 3.08. The highest BCUT2D eigenvalue weighted by atomic mass is 16.5. The Bertz CT molecular complexity index is 362. The van der Waals surface area contributed by atoms with Crippen molar-refractivity contribution in [2.45, 2.75) is 12.5 Å². The molecule has 0 aliphatic carbocycles. The molecule has 1 fully saturated rings. The summed E-state index contributed by atoms with van der Waals surface area (Å²) in [6, 6.07) is 6.49. The summed E-state index contributed by atoms with van der Waals surface area (Å²) in [5.74, 6) is 1.65. The first-order valence-corrected chi connectivity index (χ1v) is 5.99. The summed E-state index contributed by atoms with van der Waals surface area (Å²) in [5, 5.41) is 6.88. The number of methoxy groups -OCH3 is 2. The standard InChI is InChI=1S/C13H20N2O2/c1-16-12-5-3-4-10(13(12)17-2)8-11-9-14-6-7-15-11/h3-5,11,14-15H,6-9H2,1-2H3/t11-/m0/s1. The highest BCUT2D eigenvalue weighted by Gasteiger charge is 2.16. The number of ether oxygens (including phenoxy) is 2. The fraction of sp³-hybridized carbons (Fsp3) is 0.538. The predicted octanol–water partition coefficient (Wildman–Crippen LogP) is 0.808. The molecule has 1 aromatic carbocycles. The molecule has 0 bridgehead atoms. The molecule has 1 aliphatic heterocycles. The Labute approximate surface area is 102 Å². The molecule has 1 aromatic rings. The molecule has 0 saturated carbocycles. The van der Waals surface area contributed by atoms with E-state index in [-0.39, 0.29) is 0 Å². The van der Waals surface area contributed by atoms with Crippen LogP contribution in [-0.4, -0.2) is 39.9 Å². The summed E-state index contributed by atoms with van der Waals surface area (Å²) < 4.78 is 10.7. The van der Waals surface area contributed by atoms with Crippen molar-refractivity contribution in [3.05, 3.63) is 23.8 Å². The van der Waals surface area contributed by atoms with Crippen molar-refractivity contribution >= 4 is 0 Å². The highest BCUT2D eigenvalue weighted by molar-refractivity contribution is 5.46. The van der Waals surface area contributed by atoms with Crippen LogP contribution in [0.5, 0.6) is 11.5 Å². The van der Waals surface area contributed by atoms with Crippen molar-refractivity contribution < 1.29 is 9.47 Å². The lowest BCUT2D eigenvalue weighted by atomic mass is 10.0. The zero-order chi connectivity index (χ0) is 12.1. The number of para-hydroxylation sites is 1. The Morgan fingerprint density at radius 2 is 2.12 bits per heavy atom. The van der Waals surface area contributed by atoms with Crippen molar-refractivity contribution in [3.8, 4) is 11.5 Å². The molecular formula is C13H20N2O2. The van der Waals surface area contributed by atoms with Gasteiger partial charge in [0.1, 0.15) is 0 Å². The number of hydrogen-bond donors (Lipinski definition) is 2. The fourth-order valence-corrected chi connectivity index (χ4v) is 2.24. The molecule has 1 atom stereocenters. The van der Waals surface area contributed by atoms with E-state index in [2.05, 4.69) is 16.7 Å². The van der Waals surface area contributed by atoms with E-state index in [1.54, 1.807) is 14.2 Å². The molecule has 2 N–H and O–H groups in total. The van der Waals surface area contributed by atoms with E-state index in [0.717, 1.165) is 37.6 Å². The lowest BCUT2D eigenvalue weighted by molar-refractivity contribution is 0.347. The van der Waals surface area contributed by atoms with Gasteiger partial charge in [-0.05, 0) is 18.1 Å². The summed E-state index contributed by atoms with van der Waals surface area (Å²) >= 11 is 0. The van der Waals surface area contributed by atoms with Gasteiger partial charge in [-0.3, -0.25) is 0 Å². The second kappa shape index (κ2) is 5.89. The van der Waals surface area contributed by atoms with Gasteiger partial charge in [0, 0.05) is 25.7 Å². The van der Waals surface area contributed by atoms with Crippen LogP contribution in [0, 0.1) is 0 Å². The van der Waals surface area contributed by atoms with Crippen molar-refractivity contribution in [2.75, 3.05) is 33.9 Å². The maximum atomic E-state index is 5.44. The molecule has 17 heavy (non-hydrogen) atoms. The van der Waals surface area contributed by atoms with Crippen LogP contribution in [-0.2, 0) is 6.42 Å². The first kappa shape index (κ1) is 12.2. The quantitative estimate of drug-likeness (QED) is 0.812. The van der Waals surface area contributed by atoms with Gasteiger partial charge in [0.15, 0.2) is 11.5 Å². The van der Waals surface area contributed by atoms with E-state index < -0.39 is 0 Å². The first-order chi connectivity index (χ1) is 8.35. The van der Waals surface area contributed by atoms with Crippen LogP contribution in [0.1, 0.15) is 5.56 Å². The van der Waals surface area contributed by atoms with Gasteiger partial charge in [-0.15, -0.1) is 0 Å². The SMILES string of the molecule is COc1cccc(C[C@H]2CNCCN2)c1OC. The van der Waals surface area contributed by atoms with Gasteiger partial charge in [0.05, 0.1) is 14.2 Å². The Kier molecular flexibility index (Phi) is 4.23. The van der Waals surface area contributed by atoms with Gasteiger partial charge < -0.3 is 20.1 Å². The second-order valence-electron chi connectivity index (χ2n) is 4.21. The lowest BCUT2D eigenvalue weighted by Gasteiger charge is -2.25. The molecule has 1 saturated heterocycles. The van der Waals surface area contributed by atoms with E-state index in [1.807, 2.05) is 12.1 Å². The maximum absolute atomic E-state index is 5.44. The Morgan fingerprint density at radius 3 is 2.76 bits per heavy atom. The third-order valence-corrected chi connectivity index (χ3v) is 3.08. The summed E-state index contributed by atoms with van der Waals surface area (Å²) in [4.78, 5) is 0. The minimum atomic E-state index is 0.463. The average Bonchev–Trinajstić information content (AvgIpc) is 2.39. The third kappa shape index (κ3) is 2.90. The molecule has 0 aromatic heterocycles. The zero-order valence-corrected chi connectivity index (χ0v) is 10.5. The van der Waals surface area contributed by atoms with Gasteiger partial charge in [-0.25, -0.2) is 0 Å². The molecule has 0 radical (unpaired) electrons. The topological polar surface area (TPSA) is 42.5 Å². The van der Waals surface area contributed by atoms with Crippen LogP contribution in [0.25, 0.3) is 0 Å². The van der Waals surface area contributed by atoms with Gasteiger partial charge in [-0.1, -0.05) is 12.1 Å². The fourth-order valence-electron chi connectivity index (χ4n) is 2.24. The average molecular weight is 236 g/mol.